The number of ketones is 1. The van der Waals surface area contributed by atoms with E-state index in [0.717, 1.165) is 20.7 Å². The monoisotopic (exact) mass is 323 g/mol. The van der Waals surface area contributed by atoms with Crippen molar-refractivity contribution in [1.29, 1.82) is 0 Å². The molecule has 0 N–H and O–H groups in total. The van der Waals surface area contributed by atoms with Crippen LogP contribution in [0.4, 0.5) is 0 Å². The molecule has 0 spiro atoms. The van der Waals surface area contributed by atoms with Crippen molar-refractivity contribution in [3.63, 3.8) is 0 Å². The van der Waals surface area contributed by atoms with Crippen LogP contribution in [0.3, 0.4) is 0 Å². The van der Waals surface area contributed by atoms with Crippen LogP contribution in [-0.2, 0) is 17.6 Å². The maximum Gasteiger partial charge on any atom is 0.144 e. The van der Waals surface area contributed by atoms with E-state index in [1.807, 2.05) is 38.1 Å². The second-order valence-electron chi connectivity index (χ2n) is 4.27. The Morgan fingerprint density at radius 3 is 2.44 bits per heavy atom. The van der Waals surface area contributed by atoms with E-state index in [4.69, 9.17) is 0 Å². The molecule has 94 valence electrons. The molecule has 18 heavy (non-hydrogen) atoms. The van der Waals surface area contributed by atoms with Crippen molar-refractivity contribution in [2.75, 3.05) is 0 Å². The van der Waals surface area contributed by atoms with Gasteiger partial charge in [0.2, 0.25) is 0 Å². The Morgan fingerprint density at radius 1 is 1.22 bits per heavy atom. The van der Waals surface area contributed by atoms with Crippen LogP contribution in [0.25, 0.3) is 0 Å². The van der Waals surface area contributed by atoms with Gasteiger partial charge in [-0.15, -0.1) is 11.3 Å². The predicted octanol–water partition coefficient (Wildman–Crippen LogP) is 3.88. The average Bonchev–Trinajstić information content (AvgIpc) is 2.61. The molecule has 1 aromatic carbocycles. The fourth-order valence-corrected chi connectivity index (χ4v) is 2.90. The molecule has 4 heteroatoms. The third-order valence-electron chi connectivity index (χ3n) is 2.74. The highest BCUT2D eigenvalue weighted by Gasteiger charge is 2.09. The number of hydrogen-bond donors (Lipinski definition) is 0. The molecule has 0 fully saturated rings. The molecule has 0 saturated carbocycles. The van der Waals surface area contributed by atoms with Crippen molar-refractivity contribution in [3.05, 3.63) is 49.9 Å². The van der Waals surface area contributed by atoms with Crippen molar-refractivity contribution < 1.29 is 4.79 Å². The van der Waals surface area contributed by atoms with E-state index in [1.165, 1.54) is 4.88 Å². The van der Waals surface area contributed by atoms with E-state index in [-0.39, 0.29) is 5.78 Å². The Balaban J connectivity index is 1.98. The van der Waals surface area contributed by atoms with E-state index < -0.39 is 0 Å². The van der Waals surface area contributed by atoms with Gasteiger partial charge in [-0.25, -0.2) is 4.98 Å². The Bertz CT molecular complexity index is 540. The third-order valence-corrected chi connectivity index (χ3v) is 4.34. The molecule has 1 heterocycles. The van der Waals surface area contributed by atoms with Crippen molar-refractivity contribution in [2.24, 2.45) is 0 Å². The minimum atomic E-state index is 0.214. The quantitative estimate of drug-likeness (QED) is 0.854. The highest BCUT2D eigenvalue weighted by Crippen LogP contribution is 2.18. The van der Waals surface area contributed by atoms with Crippen LogP contribution in [-0.4, -0.2) is 10.8 Å². The number of aryl methyl sites for hydroxylation is 2. The molecular formula is C14H14BrNOS. The molecule has 0 aliphatic carbocycles. The molecule has 0 aliphatic rings. The molecule has 2 nitrogen and oxygen atoms in total. The van der Waals surface area contributed by atoms with E-state index in [2.05, 4.69) is 20.9 Å². The van der Waals surface area contributed by atoms with Crippen LogP contribution < -0.4 is 0 Å². The molecule has 0 unspecified atom stereocenters. The summed E-state index contributed by atoms with van der Waals surface area (Å²) in [5, 5.41) is 0.923. The number of carbonyl (C=O) groups is 1. The molecule has 0 aliphatic heterocycles. The number of aromatic nitrogens is 1. The number of Topliss-reactive ketones (excluding diaryl/α,β-unsaturated/α-hetero) is 1. The van der Waals surface area contributed by atoms with E-state index in [1.54, 1.807) is 11.3 Å². The van der Waals surface area contributed by atoms with Crippen LogP contribution in [0, 0.1) is 13.8 Å². The standard InChI is InChI=1S/C14H14BrNOS/c1-9-10(2)18-14(16-9)8-13(17)7-11-3-5-12(15)6-4-11/h3-6H,7-8H2,1-2H3. The lowest BCUT2D eigenvalue weighted by atomic mass is 10.1. The summed E-state index contributed by atoms with van der Waals surface area (Å²) in [5.74, 6) is 0.214. The van der Waals surface area contributed by atoms with Gasteiger partial charge in [0, 0.05) is 15.8 Å². The van der Waals surface area contributed by atoms with Crippen LogP contribution in [0.5, 0.6) is 0 Å². The van der Waals surface area contributed by atoms with Crippen molar-refractivity contribution in [3.8, 4) is 0 Å². The molecule has 2 aromatic rings. The summed E-state index contributed by atoms with van der Waals surface area (Å²) in [6.07, 6.45) is 0.917. The van der Waals surface area contributed by atoms with Gasteiger partial charge in [-0.3, -0.25) is 4.79 Å². The molecule has 2 rings (SSSR count). The van der Waals surface area contributed by atoms with Crippen molar-refractivity contribution >= 4 is 33.0 Å². The van der Waals surface area contributed by atoms with Crippen molar-refractivity contribution in [2.45, 2.75) is 26.7 Å². The second-order valence-corrected chi connectivity index (χ2v) is 6.47. The van der Waals surface area contributed by atoms with E-state index in [9.17, 15) is 4.79 Å². The first kappa shape index (κ1) is 13.4. The lowest BCUT2D eigenvalue weighted by molar-refractivity contribution is -0.117. The molecule has 0 amide bonds. The first-order chi connectivity index (χ1) is 8.54. The number of rotatable bonds is 4. The summed E-state index contributed by atoms with van der Waals surface area (Å²) in [7, 11) is 0. The predicted molar refractivity (Wildman–Crippen MR) is 78.1 cm³/mol. The first-order valence-corrected chi connectivity index (χ1v) is 7.34. The summed E-state index contributed by atoms with van der Waals surface area (Å²) < 4.78 is 1.03. The van der Waals surface area contributed by atoms with Gasteiger partial charge < -0.3 is 0 Å². The number of hydrogen-bond acceptors (Lipinski definition) is 3. The zero-order valence-electron chi connectivity index (χ0n) is 10.4. The summed E-state index contributed by atoms with van der Waals surface area (Å²) in [4.78, 5) is 17.5. The number of benzene rings is 1. The Kier molecular flexibility index (Phi) is 4.30. The van der Waals surface area contributed by atoms with Gasteiger partial charge in [-0.2, -0.15) is 0 Å². The Labute approximate surface area is 119 Å². The summed E-state index contributed by atoms with van der Waals surface area (Å²) in [6, 6.07) is 7.86. The van der Waals surface area contributed by atoms with Gasteiger partial charge in [0.05, 0.1) is 12.1 Å². The lowest BCUT2D eigenvalue weighted by Crippen LogP contribution is -2.06. The van der Waals surface area contributed by atoms with Gasteiger partial charge in [-0.05, 0) is 31.5 Å². The number of nitrogens with zero attached hydrogens (tertiary/aromatic N) is 1. The van der Waals surface area contributed by atoms with E-state index >= 15 is 0 Å². The van der Waals surface area contributed by atoms with Gasteiger partial charge in [-0.1, -0.05) is 28.1 Å². The second kappa shape index (κ2) is 5.76. The fraction of sp³-hybridized carbons (Fsp3) is 0.286. The van der Waals surface area contributed by atoms with Crippen LogP contribution >= 0.6 is 27.3 Å². The maximum absolute atomic E-state index is 11.9. The molecular weight excluding hydrogens is 310 g/mol. The fourth-order valence-electron chi connectivity index (χ4n) is 1.68. The Morgan fingerprint density at radius 2 is 1.89 bits per heavy atom. The minimum Gasteiger partial charge on any atom is -0.299 e. The summed E-state index contributed by atoms with van der Waals surface area (Å²) in [6.45, 7) is 4.02. The zero-order valence-corrected chi connectivity index (χ0v) is 12.8. The smallest absolute Gasteiger partial charge is 0.144 e. The molecule has 0 saturated heterocycles. The SMILES string of the molecule is Cc1nc(CC(=O)Cc2ccc(Br)cc2)sc1C. The first-order valence-electron chi connectivity index (χ1n) is 5.73. The third kappa shape index (κ3) is 3.50. The number of thiazole rings is 1. The molecule has 1 aromatic heterocycles. The van der Waals surface area contributed by atoms with Gasteiger partial charge in [0.1, 0.15) is 10.8 Å². The van der Waals surface area contributed by atoms with Crippen LogP contribution in [0.1, 0.15) is 21.1 Å². The van der Waals surface area contributed by atoms with Gasteiger partial charge >= 0.3 is 0 Å². The largest absolute Gasteiger partial charge is 0.299 e. The Hall–Kier alpha value is -1.00. The highest BCUT2D eigenvalue weighted by atomic mass is 79.9. The van der Waals surface area contributed by atoms with Crippen LogP contribution in [0.15, 0.2) is 28.7 Å². The van der Waals surface area contributed by atoms with Gasteiger partial charge in [0.15, 0.2) is 0 Å². The zero-order chi connectivity index (χ0) is 13.1. The number of halogens is 1. The van der Waals surface area contributed by atoms with E-state index in [0.29, 0.717) is 12.8 Å². The molecule has 0 radical (unpaired) electrons. The number of carbonyl (C=O) groups excluding carboxylic acids is 1. The van der Waals surface area contributed by atoms with Crippen LogP contribution in [0.2, 0.25) is 0 Å². The molecule has 0 atom stereocenters. The minimum absolute atomic E-state index is 0.214. The topological polar surface area (TPSA) is 30.0 Å². The average molecular weight is 324 g/mol. The lowest BCUT2D eigenvalue weighted by Gasteiger charge is -2.00. The maximum atomic E-state index is 11.9. The molecule has 0 bridgehead atoms. The summed E-state index contributed by atoms with van der Waals surface area (Å²) in [5.41, 5.74) is 2.08. The highest BCUT2D eigenvalue weighted by molar-refractivity contribution is 9.10. The normalized spacial score (nSPS) is 10.6. The summed E-state index contributed by atoms with van der Waals surface area (Å²) >= 11 is 5.00. The van der Waals surface area contributed by atoms with Crippen molar-refractivity contribution in [1.82, 2.24) is 4.98 Å². The van der Waals surface area contributed by atoms with Gasteiger partial charge in [0.25, 0.3) is 0 Å².